The van der Waals surface area contributed by atoms with Crippen LogP contribution in [0, 0.1) is 0 Å². The lowest BCUT2D eigenvalue weighted by Gasteiger charge is -2.10. The first-order valence-corrected chi connectivity index (χ1v) is 7.84. The third kappa shape index (κ3) is 4.87. The highest BCUT2D eigenvalue weighted by Gasteiger charge is 2.12. The van der Waals surface area contributed by atoms with Gasteiger partial charge in [0.15, 0.2) is 5.11 Å². The fraction of sp³-hybridized carbons (Fsp3) is 0.111. The highest BCUT2D eigenvalue weighted by molar-refractivity contribution is 7.80. The van der Waals surface area contributed by atoms with E-state index >= 15 is 0 Å². The van der Waals surface area contributed by atoms with Crippen molar-refractivity contribution in [3.63, 3.8) is 0 Å². The summed E-state index contributed by atoms with van der Waals surface area (Å²) in [6, 6.07) is 12.5. The van der Waals surface area contributed by atoms with Crippen LogP contribution in [0.2, 0.25) is 0 Å². The second-order valence-corrected chi connectivity index (χ2v) is 5.46. The number of rotatable bonds is 4. The molecule has 2 N–H and O–H groups in total. The van der Waals surface area contributed by atoms with E-state index in [1.807, 2.05) is 0 Å². The van der Waals surface area contributed by atoms with Gasteiger partial charge in [-0.3, -0.25) is 10.1 Å². The Balaban J connectivity index is 2.00. The van der Waals surface area contributed by atoms with Gasteiger partial charge in [0.1, 0.15) is 0 Å². The second-order valence-electron chi connectivity index (χ2n) is 5.05. The summed E-state index contributed by atoms with van der Waals surface area (Å²) in [4.78, 5) is 35.2. The summed E-state index contributed by atoms with van der Waals surface area (Å²) >= 11 is 5.10. The van der Waals surface area contributed by atoms with Gasteiger partial charge >= 0.3 is 11.9 Å². The molecule has 0 aliphatic carbocycles. The fourth-order valence-electron chi connectivity index (χ4n) is 2.05. The molecule has 0 saturated heterocycles. The SMILES string of the molecule is COC(=O)c1ccc(NC(=S)NC(=O)c2cccc(C(=O)OC)c2)cc1. The Morgan fingerprint density at radius 1 is 0.846 bits per heavy atom. The number of benzene rings is 2. The van der Waals surface area contributed by atoms with Crippen LogP contribution in [-0.2, 0) is 9.47 Å². The maximum atomic E-state index is 12.2. The molecule has 0 saturated carbocycles. The summed E-state index contributed by atoms with van der Waals surface area (Å²) in [6.07, 6.45) is 0. The zero-order valence-corrected chi connectivity index (χ0v) is 14.9. The monoisotopic (exact) mass is 372 g/mol. The van der Waals surface area contributed by atoms with Crippen LogP contribution in [0.1, 0.15) is 31.1 Å². The highest BCUT2D eigenvalue weighted by Crippen LogP contribution is 2.11. The van der Waals surface area contributed by atoms with Crippen molar-refractivity contribution < 1.29 is 23.9 Å². The molecule has 1 amide bonds. The molecule has 134 valence electrons. The minimum atomic E-state index is -0.536. The fourth-order valence-corrected chi connectivity index (χ4v) is 2.26. The van der Waals surface area contributed by atoms with Crippen LogP contribution in [-0.4, -0.2) is 37.2 Å². The number of carbonyl (C=O) groups excluding carboxylic acids is 3. The smallest absolute Gasteiger partial charge is 0.337 e. The number of amides is 1. The van der Waals surface area contributed by atoms with Crippen molar-refractivity contribution in [3.05, 3.63) is 65.2 Å². The number of esters is 2. The number of ether oxygens (including phenoxy) is 2. The first-order valence-electron chi connectivity index (χ1n) is 7.43. The molecule has 8 heteroatoms. The molecule has 0 fully saturated rings. The van der Waals surface area contributed by atoms with Crippen LogP contribution in [0.15, 0.2) is 48.5 Å². The van der Waals surface area contributed by atoms with Crippen molar-refractivity contribution in [1.82, 2.24) is 5.32 Å². The van der Waals surface area contributed by atoms with Gasteiger partial charge in [0, 0.05) is 11.3 Å². The maximum absolute atomic E-state index is 12.2. The molecule has 7 nitrogen and oxygen atoms in total. The Bertz CT molecular complexity index is 849. The minimum Gasteiger partial charge on any atom is -0.465 e. The Hall–Kier alpha value is -3.26. The number of nitrogens with one attached hydrogen (secondary N) is 2. The van der Waals surface area contributed by atoms with Crippen molar-refractivity contribution >= 4 is 40.9 Å². The van der Waals surface area contributed by atoms with E-state index in [0.717, 1.165) is 0 Å². The number of anilines is 1. The average Bonchev–Trinajstić information content (AvgIpc) is 2.67. The third-order valence-electron chi connectivity index (χ3n) is 3.34. The number of hydrogen-bond donors (Lipinski definition) is 2. The van der Waals surface area contributed by atoms with E-state index in [1.54, 1.807) is 42.5 Å². The van der Waals surface area contributed by atoms with Gasteiger partial charge < -0.3 is 14.8 Å². The van der Waals surface area contributed by atoms with Crippen LogP contribution >= 0.6 is 12.2 Å². The standard InChI is InChI=1S/C18H16N2O5S/c1-24-16(22)11-6-8-14(9-7-11)19-18(26)20-15(21)12-4-3-5-13(10-12)17(23)25-2/h3-10H,1-2H3,(H2,19,20,21,26). The molecule has 0 atom stereocenters. The van der Waals surface area contributed by atoms with Crippen LogP contribution in [0.3, 0.4) is 0 Å². The van der Waals surface area contributed by atoms with Crippen molar-refractivity contribution in [1.29, 1.82) is 0 Å². The molecule has 2 rings (SSSR count). The van der Waals surface area contributed by atoms with Crippen molar-refractivity contribution in [2.24, 2.45) is 0 Å². The van der Waals surface area contributed by atoms with Gasteiger partial charge in [-0.05, 0) is 54.7 Å². The first-order chi connectivity index (χ1) is 12.4. The van der Waals surface area contributed by atoms with Gasteiger partial charge in [-0.1, -0.05) is 6.07 Å². The molecule has 2 aromatic carbocycles. The summed E-state index contributed by atoms with van der Waals surface area (Å²) in [5, 5.41) is 5.42. The van der Waals surface area contributed by atoms with Crippen molar-refractivity contribution in [3.8, 4) is 0 Å². The molecule has 2 aromatic rings. The normalized spacial score (nSPS) is 9.77. The van der Waals surface area contributed by atoms with Gasteiger partial charge in [0.05, 0.1) is 25.3 Å². The second kappa shape index (κ2) is 8.72. The van der Waals surface area contributed by atoms with Crippen LogP contribution in [0.5, 0.6) is 0 Å². The Morgan fingerprint density at radius 3 is 2.04 bits per heavy atom. The topological polar surface area (TPSA) is 93.7 Å². The zero-order valence-electron chi connectivity index (χ0n) is 14.1. The lowest BCUT2D eigenvalue weighted by atomic mass is 10.1. The molecule has 0 aromatic heterocycles. The molecular formula is C18H16N2O5S. The summed E-state index contributed by atoms with van der Waals surface area (Å²) in [5.41, 5.74) is 1.51. The number of thiocarbonyl (C=S) groups is 1. The minimum absolute atomic E-state index is 0.0734. The van der Waals surface area contributed by atoms with E-state index in [1.165, 1.54) is 20.3 Å². The van der Waals surface area contributed by atoms with E-state index in [2.05, 4.69) is 20.1 Å². The first kappa shape index (κ1) is 19.1. The molecule has 26 heavy (non-hydrogen) atoms. The zero-order chi connectivity index (χ0) is 19.1. The quantitative estimate of drug-likeness (QED) is 0.629. The highest BCUT2D eigenvalue weighted by atomic mass is 32.1. The van der Waals surface area contributed by atoms with Gasteiger partial charge in [0.25, 0.3) is 5.91 Å². The number of carbonyl (C=O) groups is 3. The third-order valence-corrected chi connectivity index (χ3v) is 3.54. The molecule has 0 aliphatic rings. The van der Waals surface area contributed by atoms with E-state index in [9.17, 15) is 14.4 Å². The number of methoxy groups -OCH3 is 2. The molecule has 0 spiro atoms. The van der Waals surface area contributed by atoms with Gasteiger partial charge in [-0.2, -0.15) is 0 Å². The van der Waals surface area contributed by atoms with Gasteiger partial charge in [0.2, 0.25) is 0 Å². The predicted molar refractivity (Wildman–Crippen MR) is 99.2 cm³/mol. The molecule has 0 aliphatic heterocycles. The summed E-state index contributed by atoms with van der Waals surface area (Å²) in [6.45, 7) is 0. The van der Waals surface area contributed by atoms with Crippen LogP contribution in [0.25, 0.3) is 0 Å². The lowest BCUT2D eigenvalue weighted by molar-refractivity contribution is 0.0592. The summed E-state index contributed by atoms with van der Waals surface area (Å²) in [7, 11) is 2.56. The van der Waals surface area contributed by atoms with E-state index in [4.69, 9.17) is 12.2 Å². The van der Waals surface area contributed by atoms with Gasteiger partial charge in [-0.25, -0.2) is 9.59 Å². The Kier molecular flexibility index (Phi) is 6.40. The Labute approximate surface area is 155 Å². The number of hydrogen-bond acceptors (Lipinski definition) is 6. The van der Waals surface area contributed by atoms with E-state index in [0.29, 0.717) is 11.3 Å². The van der Waals surface area contributed by atoms with Crippen LogP contribution in [0.4, 0.5) is 5.69 Å². The van der Waals surface area contributed by atoms with Crippen molar-refractivity contribution in [2.45, 2.75) is 0 Å². The largest absolute Gasteiger partial charge is 0.465 e. The van der Waals surface area contributed by atoms with Crippen LogP contribution < -0.4 is 10.6 Å². The lowest BCUT2D eigenvalue weighted by Crippen LogP contribution is -2.34. The molecule has 0 radical (unpaired) electrons. The van der Waals surface area contributed by atoms with Crippen molar-refractivity contribution in [2.75, 3.05) is 19.5 Å². The molecule has 0 bridgehead atoms. The van der Waals surface area contributed by atoms with E-state index < -0.39 is 17.8 Å². The van der Waals surface area contributed by atoms with E-state index in [-0.39, 0.29) is 16.2 Å². The molecule has 0 heterocycles. The summed E-state index contributed by atoms with van der Waals surface area (Å²) in [5.74, 6) is -1.46. The predicted octanol–water partition coefficient (Wildman–Crippen LogP) is 2.39. The molecule has 0 unspecified atom stereocenters. The molecular weight excluding hydrogens is 356 g/mol. The summed E-state index contributed by atoms with van der Waals surface area (Å²) < 4.78 is 9.24. The Morgan fingerprint density at radius 2 is 1.42 bits per heavy atom. The maximum Gasteiger partial charge on any atom is 0.337 e. The van der Waals surface area contributed by atoms with Gasteiger partial charge in [-0.15, -0.1) is 0 Å². The average molecular weight is 372 g/mol.